The Morgan fingerprint density at radius 1 is 1.19 bits per heavy atom. The number of carbonyl (C=O) groups is 2. The van der Waals surface area contributed by atoms with Gasteiger partial charge in [-0.1, -0.05) is 0 Å². The normalized spacial score (nSPS) is 18.9. The van der Waals surface area contributed by atoms with Crippen LogP contribution in [0.1, 0.15) is 22.8 Å². The molecule has 1 atom stereocenters. The van der Waals surface area contributed by atoms with Crippen LogP contribution in [0.5, 0.6) is 0 Å². The first-order chi connectivity index (χ1) is 14.7. The first-order valence-corrected chi connectivity index (χ1v) is 10.6. The summed E-state index contributed by atoms with van der Waals surface area (Å²) in [4.78, 5) is 27.5. The average molecular weight is 451 g/mol. The number of hydrogen-bond donors (Lipinski definition) is 2. The van der Waals surface area contributed by atoms with Crippen molar-refractivity contribution in [1.82, 2.24) is 0 Å². The molecule has 1 fully saturated rings. The van der Waals surface area contributed by atoms with Crippen molar-refractivity contribution < 1.29 is 27.5 Å². The third kappa shape index (κ3) is 4.64. The van der Waals surface area contributed by atoms with E-state index in [0.29, 0.717) is 37.7 Å². The van der Waals surface area contributed by atoms with Crippen LogP contribution in [-0.4, -0.2) is 43.4 Å². The molecule has 2 aromatic carbocycles. The Labute approximate surface area is 181 Å². The summed E-state index contributed by atoms with van der Waals surface area (Å²) in [6, 6.07) is 8.17. The molecule has 0 bridgehead atoms. The Morgan fingerprint density at radius 3 is 2.65 bits per heavy atom. The zero-order valence-electron chi connectivity index (χ0n) is 16.6. The summed E-state index contributed by atoms with van der Waals surface area (Å²) < 4.78 is 45.1. The van der Waals surface area contributed by atoms with E-state index < -0.39 is 17.6 Å². The molecule has 6 nitrogen and oxygen atoms in total. The fourth-order valence-corrected chi connectivity index (χ4v) is 4.37. The number of carbonyl (C=O) groups excluding carboxylic acids is 2. The number of morpholine rings is 1. The van der Waals surface area contributed by atoms with Gasteiger partial charge in [-0.15, -0.1) is 11.8 Å². The molecule has 2 aliphatic rings. The maximum absolute atomic E-state index is 13.3. The summed E-state index contributed by atoms with van der Waals surface area (Å²) in [6.07, 6.45) is -4.53. The van der Waals surface area contributed by atoms with E-state index in [9.17, 15) is 22.8 Å². The van der Waals surface area contributed by atoms with Crippen LogP contribution in [0, 0.1) is 0 Å². The molecule has 0 aromatic heterocycles. The summed E-state index contributed by atoms with van der Waals surface area (Å²) in [5.74, 6) is -0.725. The van der Waals surface area contributed by atoms with E-state index in [1.165, 1.54) is 23.9 Å². The van der Waals surface area contributed by atoms with E-state index in [-0.39, 0.29) is 22.4 Å². The smallest absolute Gasteiger partial charge is 0.378 e. The number of nitrogens with zero attached hydrogens (tertiary/aromatic N) is 1. The molecule has 0 saturated carbocycles. The third-order valence-electron chi connectivity index (χ3n) is 5.10. The van der Waals surface area contributed by atoms with Gasteiger partial charge in [0.2, 0.25) is 5.91 Å². The lowest BCUT2D eigenvalue weighted by molar-refractivity contribution is -0.137. The zero-order valence-corrected chi connectivity index (χ0v) is 17.4. The zero-order chi connectivity index (χ0) is 22.2. The molecule has 1 saturated heterocycles. The molecule has 31 heavy (non-hydrogen) atoms. The number of nitrogens with one attached hydrogen (secondary N) is 2. The summed E-state index contributed by atoms with van der Waals surface area (Å²) in [5, 5.41) is 5.13. The Bertz CT molecular complexity index is 1020. The van der Waals surface area contributed by atoms with Crippen LogP contribution >= 0.6 is 11.8 Å². The van der Waals surface area contributed by atoms with Crippen LogP contribution in [0.15, 0.2) is 41.3 Å². The van der Waals surface area contributed by atoms with Gasteiger partial charge in [0.15, 0.2) is 0 Å². The monoisotopic (exact) mass is 451 g/mol. The number of ether oxygens (including phenoxy) is 1. The second-order valence-corrected chi connectivity index (χ2v) is 8.63. The number of amides is 2. The van der Waals surface area contributed by atoms with Crippen molar-refractivity contribution >= 4 is 40.6 Å². The van der Waals surface area contributed by atoms with Gasteiger partial charge in [0, 0.05) is 23.5 Å². The Kier molecular flexibility index (Phi) is 5.85. The van der Waals surface area contributed by atoms with Gasteiger partial charge >= 0.3 is 6.18 Å². The highest BCUT2D eigenvalue weighted by atomic mass is 32.2. The lowest BCUT2D eigenvalue weighted by Gasteiger charge is -2.31. The molecule has 2 aromatic rings. The molecule has 164 valence electrons. The van der Waals surface area contributed by atoms with Gasteiger partial charge in [-0.25, -0.2) is 0 Å². The van der Waals surface area contributed by atoms with E-state index >= 15 is 0 Å². The number of alkyl halides is 3. The summed E-state index contributed by atoms with van der Waals surface area (Å²) >= 11 is 1.38. The molecule has 4 rings (SSSR count). The summed E-state index contributed by atoms with van der Waals surface area (Å²) in [6.45, 7) is 3.71. The second kappa shape index (κ2) is 8.43. The molecular weight excluding hydrogens is 431 g/mol. The Balaban J connectivity index is 1.63. The lowest BCUT2D eigenvalue weighted by atomic mass is 10.1. The van der Waals surface area contributed by atoms with Crippen molar-refractivity contribution in [2.75, 3.05) is 41.8 Å². The van der Waals surface area contributed by atoms with Gasteiger partial charge in [0.1, 0.15) is 0 Å². The maximum atomic E-state index is 13.3. The molecule has 2 amide bonds. The SMILES string of the molecule is CC1Sc2ccc(C(=O)Nc3cc(C(F)(F)F)ccc3N3CCOCC3)cc2NC1=O. The number of rotatable bonds is 3. The average Bonchev–Trinajstić information content (AvgIpc) is 2.74. The molecule has 10 heteroatoms. The molecule has 0 radical (unpaired) electrons. The van der Waals surface area contributed by atoms with E-state index in [2.05, 4.69) is 10.6 Å². The number of halogens is 3. The molecule has 2 aliphatic heterocycles. The van der Waals surface area contributed by atoms with E-state index in [1.807, 2.05) is 4.90 Å². The molecule has 2 N–H and O–H groups in total. The van der Waals surface area contributed by atoms with Crippen LogP contribution in [0.4, 0.5) is 30.2 Å². The highest BCUT2D eigenvalue weighted by Crippen LogP contribution is 2.38. The van der Waals surface area contributed by atoms with Crippen molar-refractivity contribution in [2.24, 2.45) is 0 Å². The van der Waals surface area contributed by atoms with E-state index in [4.69, 9.17) is 4.74 Å². The molecule has 0 aliphatic carbocycles. The van der Waals surface area contributed by atoms with Crippen LogP contribution in [-0.2, 0) is 15.7 Å². The molecule has 1 unspecified atom stereocenters. The molecule has 2 heterocycles. The van der Waals surface area contributed by atoms with Crippen LogP contribution in [0.3, 0.4) is 0 Å². The highest BCUT2D eigenvalue weighted by Gasteiger charge is 2.32. The van der Waals surface area contributed by atoms with Crippen molar-refractivity contribution in [3.63, 3.8) is 0 Å². The van der Waals surface area contributed by atoms with Crippen LogP contribution in [0.2, 0.25) is 0 Å². The predicted octanol–water partition coefficient (Wildman–Crippen LogP) is 4.23. The largest absolute Gasteiger partial charge is 0.416 e. The quantitative estimate of drug-likeness (QED) is 0.731. The lowest BCUT2D eigenvalue weighted by Crippen LogP contribution is -2.36. The third-order valence-corrected chi connectivity index (χ3v) is 6.27. The number of anilines is 3. The number of benzene rings is 2. The fourth-order valence-electron chi connectivity index (χ4n) is 3.44. The van der Waals surface area contributed by atoms with Gasteiger partial charge in [-0.2, -0.15) is 13.2 Å². The molecule has 0 spiro atoms. The van der Waals surface area contributed by atoms with Crippen molar-refractivity contribution in [1.29, 1.82) is 0 Å². The topological polar surface area (TPSA) is 70.7 Å². The minimum absolute atomic E-state index is 0.0754. The number of fused-ring (bicyclic) bond motifs is 1. The van der Waals surface area contributed by atoms with Crippen molar-refractivity contribution in [2.45, 2.75) is 23.2 Å². The second-order valence-electron chi connectivity index (χ2n) is 7.24. The predicted molar refractivity (Wildman–Crippen MR) is 113 cm³/mol. The van der Waals surface area contributed by atoms with E-state index in [0.717, 1.165) is 17.0 Å². The fraction of sp³-hybridized carbons (Fsp3) is 0.333. The van der Waals surface area contributed by atoms with Crippen molar-refractivity contribution in [3.8, 4) is 0 Å². The standard InChI is InChI=1S/C21H20F3N3O3S/c1-12-19(28)26-16-10-13(2-5-18(16)31-12)20(29)25-15-11-14(21(22,23)24)3-4-17(15)27-6-8-30-9-7-27/h2-5,10-12H,6-9H2,1H3,(H,25,29)(H,26,28). The minimum Gasteiger partial charge on any atom is -0.378 e. The van der Waals surface area contributed by atoms with Crippen LogP contribution < -0.4 is 15.5 Å². The molecular formula is C21H20F3N3O3S. The first kappa shape index (κ1) is 21.5. The Morgan fingerprint density at radius 2 is 1.94 bits per heavy atom. The van der Waals surface area contributed by atoms with Gasteiger partial charge < -0.3 is 20.3 Å². The summed E-state index contributed by atoms with van der Waals surface area (Å²) in [5.41, 5.74) is 0.479. The van der Waals surface area contributed by atoms with Crippen LogP contribution in [0.25, 0.3) is 0 Å². The maximum Gasteiger partial charge on any atom is 0.416 e. The number of hydrogen-bond acceptors (Lipinski definition) is 5. The van der Waals surface area contributed by atoms with E-state index in [1.54, 1.807) is 19.1 Å². The van der Waals surface area contributed by atoms with Gasteiger partial charge in [0.25, 0.3) is 5.91 Å². The Hall–Kier alpha value is -2.72. The first-order valence-electron chi connectivity index (χ1n) is 9.69. The minimum atomic E-state index is -4.53. The number of thioether (sulfide) groups is 1. The summed E-state index contributed by atoms with van der Waals surface area (Å²) in [7, 11) is 0. The van der Waals surface area contributed by atoms with Gasteiger partial charge in [-0.3, -0.25) is 9.59 Å². The van der Waals surface area contributed by atoms with Gasteiger partial charge in [0.05, 0.1) is 41.1 Å². The highest BCUT2D eigenvalue weighted by molar-refractivity contribution is 8.00. The van der Waals surface area contributed by atoms with Gasteiger partial charge in [-0.05, 0) is 43.3 Å². The van der Waals surface area contributed by atoms with Crippen molar-refractivity contribution in [3.05, 3.63) is 47.5 Å².